The molecular formula is C17H27ClFN. The molecule has 0 radical (unpaired) electrons. The van der Waals surface area contributed by atoms with Gasteiger partial charge in [-0.1, -0.05) is 52.3 Å². The van der Waals surface area contributed by atoms with Crippen LogP contribution in [0.15, 0.2) is 18.2 Å². The van der Waals surface area contributed by atoms with Crippen LogP contribution in [-0.4, -0.2) is 6.54 Å². The lowest BCUT2D eigenvalue weighted by molar-refractivity contribution is 0.222. The highest BCUT2D eigenvalue weighted by molar-refractivity contribution is 6.30. The number of hydrogen-bond acceptors (Lipinski definition) is 1. The molecule has 0 saturated carbocycles. The van der Waals surface area contributed by atoms with Crippen LogP contribution in [0.2, 0.25) is 5.02 Å². The van der Waals surface area contributed by atoms with Gasteiger partial charge in [0.15, 0.2) is 0 Å². The second-order valence-electron chi connectivity index (χ2n) is 6.68. The minimum absolute atomic E-state index is 0.0430. The summed E-state index contributed by atoms with van der Waals surface area (Å²) in [6, 6.07) is 5.02. The van der Waals surface area contributed by atoms with Gasteiger partial charge in [-0.2, -0.15) is 0 Å². The van der Waals surface area contributed by atoms with Crippen LogP contribution >= 0.6 is 11.6 Å². The lowest BCUT2D eigenvalue weighted by Crippen LogP contribution is -2.28. The zero-order chi connectivity index (χ0) is 15.3. The van der Waals surface area contributed by atoms with Crippen molar-refractivity contribution in [2.75, 3.05) is 6.54 Å². The second-order valence-corrected chi connectivity index (χ2v) is 7.11. The highest BCUT2D eigenvalue weighted by Crippen LogP contribution is 2.34. The van der Waals surface area contributed by atoms with Crippen molar-refractivity contribution >= 4 is 11.6 Å². The Hall–Kier alpha value is -0.600. The van der Waals surface area contributed by atoms with Crippen molar-refractivity contribution in [3.05, 3.63) is 34.6 Å². The summed E-state index contributed by atoms with van der Waals surface area (Å²) in [6.45, 7) is 11.9. The van der Waals surface area contributed by atoms with E-state index in [0.29, 0.717) is 10.9 Å². The summed E-state index contributed by atoms with van der Waals surface area (Å²) < 4.78 is 14.2. The Labute approximate surface area is 127 Å². The van der Waals surface area contributed by atoms with Gasteiger partial charge in [-0.25, -0.2) is 4.39 Å². The van der Waals surface area contributed by atoms with Gasteiger partial charge in [-0.15, -0.1) is 0 Å². The molecule has 20 heavy (non-hydrogen) atoms. The number of rotatable bonds is 6. The first kappa shape index (κ1) is 17.5. The van der Waals surface area contributed by atoms with Crippen molar-refractivity contribution in [2.45, 2.75) is 53.5 Å². The van der Waals surface area contributed by atoms with E-state index in [2.05, 4.69) is 39.9 Å². The van der Waals surface area contributed by atoms with E-state index in [1.807, 2.05) is 0 Å². The third-order valence-electron chi connectivity index (χ3n) is 4.05. The van der Waals surface area contributed by atoms with Crippen LogP contribution in [0.5, 0.6) is 0 Å². The molecule has 0 bridgehead atoms. The standard InChI is InChI=1S/C17H27ClFN/c1-6-9-20-16(10-12(2)17(3,4)5)14-8-7-13(18)11-15(14)19/h7-8,11-12,16,20H,6,9-10H2,1-5H3. The van der Waals surface area contributed by atoms with Crippen molar-refractivity contribution in [3.8, 4) is 0 Å². The molecule has 1 nitrogen and oxygen atoms in total. The predicted molar refractivity (Wildman–Crippen MR) is 85.7 cm³/mol. The van der Waals surface area contributed by atoms with Crippen molar-refractivity contribution in [1.29, 1.82) is 0 Å². The molecule has 0 aromatic heterocycles. The molecule has 1 aromatic carbocycles. The van der Waals surface area contributed by atoms with Crippen molar-refractivity contribution in [1.82, 2.24) is 5.32 Å². The SMILES string of the molecule is CCCNC(CC(C)C(C)(C)C)c1ccc(Cl)cc1F. The summed E-state index contributed by atoms with van der Waals surface area (Å²) in [5, 5.41) is 3.91. The van der Waals surface area contributed by atoms with E-state index >= 15 is 0 Å². The predicted octanol–water partition coefficient (Wildman–Crippen LogP) is 5.59. The van der Waals surface area contributed by atoms with Gasteiger partial charge < -0.3 is 5.32 Å². The van der Waals surface area contributed by atoms with Crippen LogP contribution in [0.4, 0.5) is 4.39 Å². The molecule has 0 aliphatic rings. The summed E-state index contributed by atoms with van der Waals surface area (Å²) >= 11 is 5.84. The van der Waals surface area contributed by atoms with Crippen molar-refractivity contribution in [3.63, 3.8) is 0 Å². The van der Waals surface area contributed by atoms with E-state index < -0.39 is 0 Å². The molecule has 2 unspecified atom stereocenters. The molecule has 0 saturated heterocycles. The van der Waals surface area contributed by atoms with Crippen LogP contribution < -0.4 is 5.32 Å². The highest BCUT2D eigenvalue weighted by Gasteiger charge is 2.25. The minimum atomic E-state index is -0.216. The summed E-state index contributed by atoms with van der Waals surface area (Å²) in [6.07, 6.45) is 1.96. The molecule has 1 N–H and O–H groups in total. The lowest BCUT2D eigenvalue weighted by atomic mass is 9.77. The number of halogens is 2. The van der Waals surface area contributed by atoms with Gasteiger partial charge in [-0.3, -0.25) is 0 Å². The lowest BCUT2D eigenvalue weighted by Gasteiger charge is -2.31. The Morgan fingerprint density at radius 2 is 1.95 bits per heavy atom. The minimum Gasteiger partial charge on any atom is -0.310 e. The van der Waals surface area contributed by atoms with E-state index in [1.165, 1.54) is 6.07 Å². The number of nitrogens with one attached hydrogen (secondary N) is 1. The highest BCUT2D eigenvalue weighted by atomic mass is 35.5. The third-order valence-corrected chi connectivity index (χ3v) is 4.28. The Bertz CT molecular complexity index is 425. The Morgan fingerprint density at radius 1 is 1.30 bits per heavy atom. The summed E-state index contributed by atoms with van der Waals surface area (Å²) in [4.78, 5) is 0. The van der Waals surface area contributed by atoms with E-state index in [1.54, 1.807) is 12.1 Å². The third kappa shape index (κ3) is 5.06. The number of benzene rings is 1. The first-order valence-corrected chi connectivity index (χ1v) is 7.81. The topological polar surface area (TPSA) is 12.0 Å². The molecular weight excluding hydrogens is 273 g/mol. The second kappa shape index (κ2) is 7.42. The fraction of sp³-hybridized carbons (Fsp3) is 0.647. The van der Waals surface area contributed by atoms with E-state index in [4.69, 9.17) is 11.6 Å². The molecule has 0 aliphatic heterocycles. The monoisotopic (exact) mass is 299 g/mol. The molecule has 0 aliphatic carbocycles. The first-order valence-electron chi connectivity index (χ1n) is 7.44. The fourth-order valence-electron chi connectivity index (χ4n) is 2.13. The van der Waals surface area contributed by atoms with Gasteiger partial charge in [0, 0.05) is 16.6 Å². The average molecular weight is 300 g/mol. The maximum Gasteiger partial charge on any atom is 0.129 e. The molecule has 0 spiro atoms. The Morgan fingerprint density at radius 3 is 2.45 bits per heavy atom. The van der Waals surface area contributed by atoms with Crippen molar-refractivity contribution in [2.24, 2.45) is 11.3 Å². The van der Waals surface area contributed by atoms with Crippen LogP contribution in [-0.2, 0) is 0 Å². The van der Waals surface area contributed by atoms with Crippen LogP contribution in [0.3, 0.4) is 0 Å². The molecule has 1 rings (SSSR count). The van der Waals surface area contributed by atoms with Gasteiger partial charge in [0.1, 0.15) is 5.82 Å². The maximum absolute atomic E-state index is 14.2. The smallest absolute Gasteiger partial charge is 0.129 e. The van der Waals surface area contributed by atoms with Gasteiger partial charge in [0.2, 0.25) is 0 Å². The molecule has 0 amide bonds. The molecule has 0 heterocycles. The molecule has 0 fully saturated rings. The van der Waals surface area contributed by atoms with Gasteiger partial charge >= 0.3 is 0 Å². The molecule has 2 atom stereocenters. The van der Waals surface area contributed by atoms with Gasteiger partial charge in [0.05, 0.1) is 0 Å². The van der Waals surface area contributed by atoms with Crippen molar-refractivity contribution < 1.29 is 4.39 Å². The normalized spacial score (nSPS) is 15.2. The largest absolute Gasteiger partial charge is 0.310 e. The summed E-state index contributed by atoms with van der Waals surface area (Å²) in [5.41, 5.74) is 0.939. The van der Waals surface area contributed by atoms with Gasteiger partial charge in [-0.05, 0) is 42.9 Å². The van der Waals surface area contributed by atoms with Gasteiger partial charge in [0.25, 0.3) is 0 Å². The molecule has 1 aromatic rings. The van der Waals surface area contributed by atoms with Crippen LogP contribution in [0.1, 0.15) is 59.1 Å². The fourth-order valence-corrected chi connectivity index (χ4v) is 2.29. The maximum atomic E-state index is 14.2. The molecule has 114 valence electrons. The average Bonchev–Trinajstić information content (AvgIpc) is 2.33. The van der Waals surface area contributed by atoms with E-state index in [-0.39, 0.29) is 17.3 Å². The zero-order valence-electron chi connectivity index (χ0n) is 13.3. The van der Waals surface area contributed by atoms with Crippen LogP contribution in [0.25, 0.3) is 0 Å². The Balaban J connectivity index is 2.93. The zero-order valence-corrected chi connectivity index (χ0v) is 14.0. The molecule has 3 heteroatoms. The Kier molecular flexibility index (Phi) is 6.47. The number of hydrogen-bond donors (Lipinski definition) is 1. The summed E-state index contributed by atoms with van der Waals surface area (Å²) in [5.74, 6) is 0.277. The first-order chi connectivity index (χ1) is 9.25. The quantitative estimate of drug-likeness (QED) is 0.722. The summed E-state index contributed by atoms with van der Waals surface area (Å²) in [7, 11) is 0. The van der Waals surface area contributed by atoms with E-state index in [0.717, 1.165) is 24.9 Å². The van der Waals surface area contributed by atoms with Crippen LogP contribution in [0, 0.1) is 17.2 Å². The van der Waals surface area contributed by atoms with E-state index in [9.17, 15) is 4.39 Å².